The Morgan fingerprint density at radius 2 is 2.17 bits per heavy atom. The summed E-state index contributed by atoms with van der Waals surface area (Å²) >= 11 is 1.52. The minimum Gasteiger partial charge on any atom is -0.494 e. The summed E-state index contributed by atoms with van der Waals surface area (Å²) in [5.74, 6) is 3.43. The summed E-state index contributed by atoms with van der Waals surface area (Å²) in [5, 5.41) is 2.90. The summed E-state index contributed by atoms with van der Waals surface area (Å²) in [4.78, 5) is 14.0. The normalized spacial score (nSPS) is 15.2. The highest BCUT2D eigenvalue weighted by Gasteiger charge is 2.10. The first-order valence-electron chi connectivity index (χ1n) is 8.88. The summed E-state index contributed by atoms with van der Waals surface area (Å²) in [6.07, 6.45) is 4.82. The van der Waals surface area contributed by atoms with Gasteiger partial charge in [0.25, 0.3) is 0 Å². The Hall–Kier alpha value is -1.20. The third kappa shape index (κ3) is 7.58. The molecule has 133 valence electrons. The van der Waals surface area contributed by atoms with Gasteiger partial charge in [0.2, 0.25) is 5.91 Å². The summed E-state index contributed by atoms with van der Waals surface area (Å²) in [6, 6.07) is 8.38. The molecule has 1 N–H and O–H groups in total. The maximum atomic E-state index is 11.5. The average molecular weight is 350 g/mol. The lowest BCUT2D eigenvalue weighted by molar-refractivity contribution is -0.118. The molecule has 1 saturated heterocycles. The number of nitrogens with zero attached hydrogens (tertiary/aromatic N) is 1. The van der Waals surface area contributed by atoms with Crippen LogP contribution in [0, 0.1) is 5.75 Å². The molecule has 1 amide bonds. The third-order valence-electron chi connectivity index (χ3n) is 4.05. The van der Waals surface area contributed by atoms with Gasteiger partial charge in [-0.15, -0.1) is 11.8 Å². The highest BCUT2D eigenvalue weighted by Crippen LogP contribution is 2.17. The van der Waals surface area contributed by atoms with Crippen molar-refractivity contribution < 1.29 is 9.53 Å². The van der Waals surface area contributed by atoms with Crippen molar-refractivity contribution in [2.75, 3.05) is 32.0 Å². The van der Waals surface area contributed by atoms with Crippen molar-refractivity contribution in [2.24, 2.45) is 0 Å². The predicted octanol–water partition coefficient (Wildman–Crippen LogP) is 3.47. The maximum Gasteiger partial charge on any atom is 0.230 e. The molecule has 1 aliphatic rings. The molecule has 24 heavy (non-hydrogen) atoms. The number of thioether (sulfide) groups is 1. The molecule has 0 bridgehead atoms. The molecule has 1 heterocycles. The maximum absolute atomic E-state index is 11.5. The van der Waals surface area contributed by atoms with E-state index in [4.69, 9.17) is 4.74 Å². The molecule has 2 rings (SSSR count). The zero-order chi connectivity index (χ0) is 17.0. The molecule has 5 heteroatoms. The molecule has 0 saturated carbocycles. The van der Waals surface area contributed by atoms with Gasteiger partial charge in [0.05, 0.1) is 12.4 Å². The Kier molecular flexibility index (Phi) is 9.06. The van der Waals surface area contributed by atoms with E-state index in [1.807, 2.05) is 18.7 Å². The first-order valence-corrected chi connectivity index (χ1v) is 9.93. The third-order valence-corrected chi connectivity index (χ3v) is 4.81. The Bertz CT molecular complexity index is 490. The minimum absolute atomic E-state index is 0.0848. The number of carbonyl (C=O) groups excluding carboxylic acids is 1. The standard InChI is InChI=1S/C19H29N2O2S/c1-2-24-16-19(22)20-10-7-13-23-18-9-6-8-17(14-18)15-21-11-4-3-5-12-21/h2,6,8-9,14H,3-5,7,10-13,15-16H2,1H3,(H,20,22). The fraction of sp³-hybridized carbons (Fsp3) is 0.579. The largest absolute Gasteiger partial charge is 0.494 e. The Balaban J connectivity index is 1.64. The van der Waals surface area contributed by atoms with Gasteiger partial charge in [-0.05, 0) is 50.0 Å². The number of likely N-dealkylation sites (tertiary alicyclic amines) is 1. The molecule has 1 aromatic rings. The number of piperidine rings is 1. The predicted molar refractivity (Wildman–Crippen MR) is 101 cm³/mol. The zero-order valence-electron chi connectivity index (χ0n) is 14.6. The van der Waals surface area contributed by atoms with Crippen molar-refractivity contribution >= 4 is 17.7 Å². The van der Waals surface area contributed by atoms with Gasteiger partial charge >= 0.3 is 0 Å². The molecule has 1 fully saturated rings. The molecule has 0 aliphatic carbocycles. The van der Waals surface area contributed by atoms with Crippen LogP contribution in [0.15, 0.2) is 24.3 Å². The zero-order valence-corrected chi connectivity index (χ0v) is 15.4. The van der Waals surface area contributed by atoms with E-state index in [9.17, 15) is 4.79 Å². The quantitative estimate of drug-likeness (QED) is 0.657. The van der Waals surface area contributed by atoms with Crippen LogP contribution in [-0.2, 0) is 11.3 Å². The van der Waals surface area contributed by atoms with Gasteiger partial charge in [-0.2, -0.15) is 0 Å². The van der Waals surface area contributed by atoms with Crippen molar-refractivity contribution in [2.45, 2.75) is 39.2 Å². The lowest BCUT2D eigenvalue weighted by Crippen LogP contribution is -2.29. The number of rotatable bonds is 10. The van der Waals surface area contributed by atoms with Crippen molar-refractivity contribution in [1.82, 2.24) is 10.2 Å². The number of ether oxygens (including phenoxy) is 1. The van der Waals surface area contributed by atoms with Crippen LogP contribution in [0.4, 0.5) is 0 Å². The SMILES string of the molecule is C[CH]SCC(=O)NCCCOc1cccc(CN2CCCCC2)c1. The van der Waals surface area contributed by atoms with Gasteiger partial charge in [-0.25, -0.2) is 0 Å². The molecular weight excluding hydrogens is 320 g/mol. The van der Waals surface area contributed by atoms with E-state index in [1.165, 1.54) is 49.7 Å². The molecule has 1 aliphatic heterocycles. The second-order valence-electron chi connectivity index (χ2n) is 6.08. The van der Waals surface area contributed by atoms with E-state index in [-0.39, 0.29) is 5.91 Å². The molecule has 4 nitrogen and oxygen atoms in total. The second-order valence-corrected chi connectivity index (χ2v) is 7.18. The molecule has 1 radical (unpaired) electrons. The molecule has 0 aromatic heterocycles. The van der Waals surface area contributed by atoms with E-state index in [0.717, 1.165) is 18.7 Å². The van der Waals surface area contributed by atoms with Crippen molar-refractivity contribution in [3.8, 4) is 5.75 Å². The number of hydrogen-bond donors (Lipinski definition) is 1. The van der Waals surface area contributed by atoms with E-state index < -0.39 is 0 Å². The molecule has 1 aromatic carbocycles. The minimum atomic E-state index is 0.0848. The lowest BCUT2D eigenvalue weighted by atomic mass is 10.1. The molecule has 0 unspecified atom stereocenters. The molecule has 0 atom stereocenters. The number of carbonyl (C=O) groups is 1. The van der Waals surface area contributed by atoms with Crippen LogP contribution in [0.2, 0.25) is 0 Å². The topological polar surface area (TPSA) is 41.6 Å². The van der Waals surface area contributed by atoms with Crippen LogP contribution < -0.4 is 10.1 Å². The molecular formula is C19H29N2O2S. The van der Waals surface area contributed by atoms with E-state index in [1.54, 1.807) is 0 Å². The molecule has 0 spiro atoms. The van der Waals surface area contributed by atoms with Gasteiger partial charge < -0.3 is 10.1 Å². The summed E-state index contributed by atoms with van der Waals surface area (Å²) in [5.41, 5.74) is 1.32. The van der Waals surface area contributed by atoms with E-state index in [0.29, 0.717) is 18.9 Å². The first kappa shape index (κ1) is 19.1. The number of hydrogen-bond acceptors (Lipinski definition) is 4. The van der Waals surface area contributed by atoms with Gasteiger partial charge in [0.15, 0.2) is 0 Å². The van der Waals surface area contributed by atoms with Crippen LogP contribution >= 0.6 is 11.8 Å². The van der Waals surface area contributed by atoms with Gasteiger partial charge in [-0.1, -0.05) is 25.5 Å². The average Bonchev–Trinajstić information content (AvgIpc) is 2.61. The van der Waals surface area contributed by atoms with Crippen LogP contribution in [0.5, 0.6) is 5.75 Å². The Morgan fingerprint density at radius 1 is 1.33 bits per heavy atom. The summed E-state index contributed by atoms with van der Waals surface area (Å²) < 4.78 is 5.82. The Labute approximate surface area is 150 Å². The van der Waals surface area contributed by atoms with Crippen molar-refractivity contribution in [1.29, 1.82) is 0 Å². The van der Waals surface area contributed by atoms with Crippen LogP contribution in [0.1, 0.15) is 38.2 Å². The highest BCUT2D eigenvalue weighted by atomic mass is 32.2. The van der Waals surface area contributed by atoms with Crippen LogP contribution in [-0.4, -0.2) is 42.8 Å². The lowest BCUT2D eigenvalue weighted by Gasteiger charge is -2.26. The van der Waals surface area contributed by atoms with Crippen molar-refractivity contribution in [3.63, 3.8) is 0 Å². The van der Waals surface area contributed by atoms with E-state index in [2.05, 4.69) is 28.4 Å². The highest BCUT2D eigenvalue weighted by molar-refractivity contribution is 8.01. The second kappa shape index (κ2) is 11.4. The number of nitrogens with one attached hydrogen (secondary N) is 1. The van der Waals surface area contributed by atoms with Gasteiger partial charge in [0, 0.05) is 18.8 Å². The fourth-order valence-electron chi connectivity index (χ4n) is 2.81. The van der Waals surface area contributed by atoms with Crippen LogP contribution in [0.3, 0.4) is 0 Å². The fourth-order valence-corrected chi connectivity index (χ4v) is 3.23. The summed E-state index contributed by atoms with van der Waals surface area (Å²) in [6.45, 7) is 6.65. The van der Waals surface area contributed by atoms with Crippen LogP contribution in [0.25, 0.3) is 0 Å². The summed E-state index contributed by atoms with van der Waals surface area (Å²) in [7, 11) is 0. The van der Waals surface area contributed by atoms with Gasteiger partial charge in [0.1, 0.15) is 5.75 Å². The number of benzene rings is 1. The Morgan fingerprint density at radius 3 is 2.96 bits per heavy atom. The van der Waals surface area contributed by atoms with E-state index >= 15 is 0 Å². The smallest absolute Gasteiger partial charge is 0.230 e. The number of amides is 1. The monoisotopic (exact) mass is 349 g/mol. The van der Waals surface area contributed by atoms with Crippen molar-refractivity contribution in [3.05, 3.63) is 35.6 Å². The van der Waals surface area contributed by atoms with Gasteiger partial charge in [-0.3, -0.25) is 9.69 Å². The first-order chi connectivity index (χ1) is 11.8.